The van der Waals surface area contributed by atoms with E-state index in [4.69, 9.17) is 9.84 Å². The lowest BCUT2D eigenvalue weighted by atomic mass is 9.99. The van der Waals surface area contributed by atoms with E-state index in [2.05, 4.69) is 4.98 Å². The van der Waals surface area contributed by atoms with Gasteiger partial charge in [0.1, 0.15) is 0 Å². The molecule has 1 N–H and O–H groups in total. The molecule has 2 unspecified atom stereocenters. The molecule has 0 bridgehead atoms. The Morgan fingerprint density at radius 1 is 1.38 bits per heavy atom. The summed E-state index contributed by atoms with van der Waals surface area (Å²) < 4.78 is 7.03. The molecule has 0 saturated carbocycles. The van der Waals surface area contributed by atoms with E-state index in [1.165, 1.54) is 0 Å². The van der Waals surface area contributed by atoms with Crippen LogP contribution in [0.1, 0.15) is 37.7 Å². The van der Waals surface area contributed by atoms with Gasteiger partial charge in [-0.1, -0.05) is 6.92 Å². The largest absolute Gasteiger partial charge is 0.481 e. The number of carboxylic acid groups (broad SMARTS) is 1. The maximum absolute atomic E-state index is 12.1. The van der Waals surface area contributed by atoms with Crippen molar-refractivity contribution >= 4 is 5.97 Å². The predicted octanol–water partition coefficient (Wildman–Crippen LogP) is 1.55. The molecule has 0 aliphatic rings. The highest BCUT2D eigenvalue weighted by molar-refractivity contribution is 5.70. The molecule has 0 aromatic carbocycles. The molecule has 0 saturated heterocycles. The van der Waals surface area contributed by atoms with Gasteiger partial charge in [0.25, 0.3) is 0 Å². The van der Waals surface area contributed by atoms with Crippen LogP contribution in [0.5, 0.6) is 0 Å². The van der Waals surface area contributed by atoms with Crippen molar-refractivity contribution < 1.29 is 14.6 Å². The highest BCUT2D eigenvalue weighted by Gasteiger charge is 2.19. The summed E-state index contributed by atoms with van der Waals surface area (Å²) in [6, 6.07) is 0. The fourth-order valence-electron chi connectivity index (χ4n) is 2.34. The van der Waals surface area contributed by atoms with Gasteiger partial charge < -0.3 is 9.84 Å². The van der Waals surface area contributed by atoms with Gasteiger partial charge in [0.2, 0.25) is 0 Å². The molecule has 0 radical (unpaired) electrons. The molecule has 6 nitrogen and oxygen atoms in total. The van der Waals surface area contributed by atoms with Crippen LogP contribution in [-0.4, -0.2) is 33.3 Å². The second-order valence-electron chi connectivity index (χ2n) is 5.36. The van der Waals surface area contributed by atoms with Crippen LogP contribution in [0.2, 0.25) is 0 Å². The zero-order chi connectivity index (χ0) is 16.2. The second kappa shape index (κ2) is 7.36. The maximum Gasteiger partial charge on any atom is 0.348 e. The fourth-order valence-corrected chi connectivity index (χ4v) is 2.34. The number of aromatic nitrogens is 2. The standard InChI is InChI=1S/C15H24N2O4/c1-6-21-10(3)8-17-12(5)13(7-9(2)14(18)19)11(4)16-15(17)20/h9-10H,6-8H2,1-5H3,(H,18,19). The van der Waals surface area contributed by atoms with E-state index >= 15 is 0 Å². The third-order valence-electron chi connectivity index (χ3n) is 3.60. The fraction of sp³-hybridized carbons (Fsp3) is 0.667. The molecule has 0 aliphatic carbocycles. The lowest BCUT2D eigenvalue weighted by Crippen LogP contribution is -2.32. The van der Waals surface area contributed by atoms with Crippen molar-refractivity contribution in [1.29, 1.82) is 0 Å². The molecule has 0 fully saturated rings. The summed E-state index contributed by atoms with van der Waals surface area (Å²) in [5.74, 6) is -1.37. The SMILES string of the molecule is CCOC(C)Cn1c(C)c(CC(C)C(=O)O)c(C)nc1=O. The highest BCUT2D eigenvalue weighted by Crippen LogP contribution is 2.15. The van der Waals surface area contributed by atoms with Crippen molar-refractivity contribution in [2.24, 2.45) is 5.92 Å². The van der Waals surface area contributed by atoms with Gasteiger partial charge >= 0.3 is 11.7 Å². The monoisotopic (exact) mass is 296 g/mol. The summed E-state index contributed by atoms with van der Waals surface area (Å²) in [4.78, 5) is 27.1. The molecule has 1 aromatic rings. The van der Waals surface area contributed by atoms with Crippen LogP contribution in [0, 0.1) is 19.8 Å². The molecule has 0 amide bonds. The smallest absolute Gasteiger partial charge is 0.348 e. The number of hydrogen-bond acceptors (Lipinski definition) is 4. The highest BCUT2D eigenvalue weighted by atomic mass is 16.5. The Morgan fingerprint density at radius 3 is 2.52 bits per heavy atom. The first kappa shape index (κ1) is 17.4. The first-order chi connectivity index (χ1) is 9.77. The van der Waals surface area contributed by atoms with Crippen molar-refractivity contribution in [1.82, 2.24) is 9.55 Å². The van der Waals surface area contributed by atoms with E-state index in [1.54, 1.807) is 18.4 Å². The molecule has 21 heavy (non-hydrogen) atoms. The van der Waals surface area contributed by atoms with Gasteiger partial charge in [0, 0.05) is 18.0 Å². The topological polar surface area (TPSA) is 81.4 Å². The van der Waals surface area contributed by atoms with Gasteiger partial charge in [-0.3, -0.25) is 9.36 Å². The number of carbonyl (C=O) groups is 1. The molecule has 0 spiro atoms. The van der Waals surface area contributed by atoms with Crippen LogP contribution in [0.15, 0.2) is 4.79 Å². The number of aliphatic carboxylic acids is 1. The van der Waals surface area contributed by atoms with Crippen LogP contribution < -0.4 is 5.69 Å². The van der Waals surface area contributed by atoms with Crippen LogP contribution >= 0.6 is 0 Å². The minimum atomic E-state index is -0.853. The summed E-state index contributed by atoms with van der Waals surface area (Å²) in [5, 5.41) is 9.06. The summed E-state index contributed by atoms with van der Waals surface area (Å²) in [7, 11) is 0. The first-order valence-corrected chi connectivity index (χ1v) is 7.19. The van der Waals surface area contributed by atoms with Crippen molar-refractivity contribution in [3.8, 4) is 0 Å². The zero-order valence-electron chi connectivity index (χ0n) is 13.3. The summed E-state index contributed by atoms with van der Waals surface area (Å²) in [6.45, 7) is 10.0. The molecule has 1 rings (SSSR count). The van der Waals surface area contributed by atoms with Gasteiger partial charge in [-0.25, -0.2) is 4.79 Å². The van der Waals surface area contributed by atoms with Crippen molar-refractivity contribution in [2.75, 3.05) is 6.61 Å². The minimum absolute atomic E-state index is 0.0966. The van der Waals surface area contributed by atoms with E-state index < -0.39 is 11.9 Å². The van der Waals surface area contributed by atoms with Gasteiger partial charge in [-0.2, -0.15) is 4.98 Å². The number of aryl methyl sites for hydroxylation is 1. The van der Waals surface area contributed by atoms with Gasteiger partial charge in [0.15, 0.2) is 0 Å². The van der Waals surface area contributed by atoms with Crippen molar-refractivity contribution in [2.45, 2.75) is 53.7 Å². The average molecular weight is 296 g/mol. The molecule has 1 aromatic heterocycles. The lowest BCUT2D eigenvalue weighted by molar-refractivity contribution is -0.141. The quantitative estimate of drug-likeness (QED) is 0.825. The minimum Gasteiger partial charge on any atom is -0.481 e. The van der Waals surface area contributed by atoms with E-state index in [9.17, 15) is 9.59 Å². The van der Waals surface area contributed by atoms with Crippen LogP contribution in [0.4, 0.5) is 0 Å². The Labute approximate surface area is 124 Å². The number of nitrogens with zero attached hydrogens (tertiary/aromatic N) is 2. The van der Waals surface area contributed by atoms with E-state index in [1.807, 2.05) is 20.8 Å². The average Bonchev–Trinajstić information content (AvgIpc) is 2.39. The Kier molecular flexibility index (Phi) is 6.08. The molecular weight excluding hydrogens is 272 g/mol. The van der Waals surface area contributed by atoms with Crippen LogP contribution in [0.25, 0.3) is 0 Å². The predicted molar refractivity (Wildman–Crippen MR) is 79.6 cm³/mol. The summed E-state index contributed by atoms with van der Waals surface area (Å²) in [6.07, 6.45) is 0.268. The Hall–Kier alpha value is -1.69. The van der Waals surface area contributed by atoms with Crippen molar-refractivity contribution in [3.63, 3.8) is 0 Å². The number of carboxylic acids is 1. The molecule has 6 heteroatoms. The Morgan fingerprint density at radius 2 is 2.00 bits per heavy atom. The Balaban J connectivity index is 3.16. The van der Waals surface area contributed by atoms with Crippen LogP contribution in [0.3, 0.4) is 0 Å². The molecular formula is C15H24N2O4. The lowest BCUT2D eigenvalue weighted by Gasteiger charge is -2.19. The van der Waals surface area contributed by atoms with Gasteiger partial charge in [-0.05, 0) is 39.7 Å². The van der Waals surface area contributed by atoms with Crippen molar-refractivity contribution in [3.05, 3.63) is 27.4 Å². The third kappa shape index (κ3) is 4.39. The number of rotatable bonds is 7. The maximum atomic E-state index is 12.1. The Bertz CT molecular complexity index is 566. The first-order valence-electron chi connectivity index (χ1n) is 7.19. The molecule has 1 heterocycles. The second-order valence-corrected chi connectivity index (χ2v) is 5.36. The van der Waals surface area contributed by atoms with E-state index in [0.717, 1.165) is 11.3 Å². The van der Waals surface area contributed by atoms with Crippen LogP contribution in [-0.2, 0) is 22.5 Å². The van der Waals surface area contributed by atoms with E-state index in [-0.39, 0.29) is 11.8 Å². The summed E-state index contributed by atoms with van der Waals surface area (Å²) in [5.41, 5.74) is 1.88. The normalized spacial score (nSPS) is 14.0. The molecule has 0 aliphatic heterocycles. The molecule has 2 atom stereocenters. The van der Waals surface area contributed by atoms with Gasteiger partial charge in [0.05, 0.1) is 18.6 Å². The van der Waals surface area contributed by atoms with Gasteiger partial charge in [-0.15, -0.1) is 0 Å². The number of ether oxygens (including phenoxy) is 1. The zero-order valence-corrected chi connectivity index (χ0v) is 13.3. The third-order valence-corrected chi connectivity index (χ3v) is 3.60. The number of hydrogen-bond donors (Lipinski definition) is 1. The molecule has 118 valence electrons. The van der Waals surface area contributed by atoms with E-state index in [0.29, 0.717) is 25.3 Å². The summed E-state index contributed by atoms with van der Waals surface area (Å²) >= 11 is 0.